The van der Waals surface area contributed by atoms with Crippen LogP contribution in [0.3, 0.4) is 0 Å². The fourth-order valence-electron chi connectivity index (χ4n) is 2.57. The van der Waals surface area contributed by atoms with E-state index in [-0.39, 0.29) is 11.9 Å². The molecule has 1 aliphatic heterocycles. The van der Waals surface area contributed by atoms with Gasteiger partial charge >= 0.3 is 0 Å². The smallest absolute Gasteiger partial charge is 0.128 e. The summed E-state index contributed by atoms with van der Waals surface area (Å²) >= 11 is 0. The summed E-state index contributed by atoms with van der Waals surface area (Å²) in [6, 6.07) is 6.97. The molecule has 3 nitrogen and oxygen atoms in total. The van der Waals surface area contributed by atoms with Gasteiger partial charge in [-0.05, 0) is 18.9 Å². The Labute approximate surface area is 106 Å². The summed E-state index contributed by atoms with van der Waals surface area (Å²) in [5.74, 6) is 0.890. The number of hydrogen-bond donors (Lipinski definition) is 1. The summed E-state index contributed by atoms with van der Waals surface area (Å²) in [5.41, 5.74) is 1.92. The molecule has 0 fully saturated rings. The zero-order valence-electron chi connectivity index (χ0n) is 10.4. The molecule has 0 amide bonds. The van der Waals surface area contributed by atoms with E-state index in [1.807, 2.05) is 23.0 Å². The van der Waals surface area contributed by atoms with Crippen molar-refractivity contribution in [3.05, 3.63) is 47.4 Å². The highest BCUT2D eigenvalue weighted by Gasteiger charge is 2.25. The maximum absolute atomic E-state index is 13.9. The maximum atomic E-state index is 13.9. The van der Waals surface area contributed by atoms with E-state index in [4.69, 9.17) is 0 Å². The molecule has 3 rings (SSSR count). The molecular formula is C14H16FN3. The van der Waals surface area contributed by atoms with Crippen molar-refractivity contribution >= 4 is 5.82 Å². The number of nitrogens with zero attached hydrogens (tertiary/aromatic N) is 2. The zero-order valence-corrected chi connectivity index (χ0v) is 10.4. The largest absolute Gasteiger partial charge is 0.370 e. The predicted octanol–water partition coefficient (Wildman–Crippen LogP) is 2.99. The lowest BCUT2D eigenvalue weighted by Gasteiger charge is -2.27. The van der Waals surface area contributed by atoms with E-state index in [0.29, 0.717) is 0 Å². The summed E-state index contributed by atoms with van der Waals surface area (Å²) in [6.07, 6.45) is 3.67. The Morgan fingerprint density at radius 1 is 1.44 bits per heavy atom. The minimum atomic E-state index is -0.149. The molecule has 0 saturated carbocycles. The molecule has 94 valence electrons. The van der Waals surface area contributed by atoms with Crippen LogP contribution in [-0.2, 0) is 6.42 Å². The predicted molar refractivity (Wildman–Crippen MR) is 69.3 cm³/mol. The molecule has 1 N–H and O–H groups in total. The van der Waals surface area contributed by atoms with Crippen LogP contribution in [0, 0.1) is 5.82 Å². The fraction of sp³-hybridized carbons (Fsp3) is 0.357. The standard InChI is InChI=1S/C14H16FN3/c1-2-10-9-17-18-13(7-8-16-14(10)18)11-5-3-4-6-12(11)15/h3-6,9,13,16H,2,7-8H2,1H3. The number of halogens is 1. The van der Waals surface area contributed by atoms with Gasteiger partial charge < -0.3 is 5.32 Å². The number of fused-ring (bicyclic) bond motifs is 1. The molecule has 0 saturated heterocycles. The molecule has 18 heavy (non-hydrogen) atoms. The number of anilines is 1. The van der Waals surface area contributed by atoms with Crippen molar-refractivity contribution in [3.8, 4) is 0 Å². The highest BCUT2D eigenvalue weighted by molar-refractivity contribution is 5.47. The number of nitrogens with one attached hydrogen (secondary N) is 1. The molecule has 0 radical (unpaired) electrons. The van der Waals surface area contributed by atoms with Crippen LogP contribution < -0.4 is 5.32 Å². The van der Waals surface area contributed by atoms with Crippen molar-refractivity contribution in [2.24, 2.45) is 0 Å². The van der Waals surface area contributed by atoms with E-state index in [2.05, 4.69) is 17.3 Å². The van der Waals surface area contributed by atoms with Crippen LogP contribution in [-0.4, -0.2) is 16.3 Å². The summed E-state index contributed by atoms with van der Waals surface area (Å²) in [7, 11) is 0. The lowest BCUT2D eigenvalue weighted by Crippen LogP contribution is -2.25. The van der Waals surface area contributed by atoms with Gasteiger partial charge in [0.2, 0.25) is 0 Å². The SMILES string of the molecule is CCc1cnn2c1NCCC2c1ccccc1F. The molecule has 1 aromatic carbocycles. The van der Waals surface area contributed by atoms with Gasteiger partial charge in [0.1, 0.15) is 11.6 Å². The Morgan fingerprint density at radius 2 is 2.28 bits per heavy atom. The van der Waals surface area contributed by atoms with Crippen molar-refractivity contribution in [1.29, 1.82) is 0 Å². The van der Waals surface area contributed by atoms with Gasteiger partial charge in [-0.3, -0.25) is 0 Å². The third kappa shape index (κ3) is 1.68. The van der Waals surface area contributed by atoms with Crippen molar-refractivity contribution in [3.63, 3.8) is 0 Å². The van der Waals surface area contributed by atoms with E-state index in [9.17, 15) is 4.39 Å². The summed E-state index contributed by atoms with van der Waals surface area (Å²) in [5, 5.41) is 7.77. The Bertz CT molecular complexity index is 562. The Morgan fingerprint density at radius 3 is 3.06 bits per heavy atom. The van der Waals surface area contributed by atoms with Crippen LogP contribution in [0.5, 0.6) is 0 Å². The van der Waals surface area contributed by atoms with Crippen LogP contribution in [0.25, 0.3) is 0 Å². The topological polar surface area (TPSA) is 29.9 Å². The molecule has 2 aromatic rings. The third-order valence-corrected chi connectivity index (χ3v) is 3.52. The van der Waals surface area contributed by atoms with Crippen LogP contribution in [0.2, 0.25) is 0 Å². The van der Waals surface area contributed by atoms with Gasteiger partial charge in [0.05, 0.1) is 12.2 Å². The molecule has 2 heterocycles. The van der Waals surface area contributed by atoms with Crippen molar-refractivity contribution < 1.29 is 4.39 Å². The van der Waals surface area contributed by atoms with Crippen molar-refractivity contribution in [1.82, 2.24) is 9.78 Å². The second-order valence-corrected chi connectivity index (χ2v) is 4.57. The molecule has 0 spiro atoms. The first-order chi connectivity index (χ1) is 8.81. The second-order valence-electron chi connectivity index (χ2n) is 4.57. The third-order valence-electron chi connectivity index (χ3n) is 3.52. The zero-order chi connectivity index (χ0) is 12.5. The number of aryl methyl sites for hydroxylation is 1. The molecule has 4 heteroatoms. The Balaban J connectivity index is 2.07. The number of hydrogen-bond acceptors (Lipinski definition) is 2. The molecule has 0 aliphatic carbocycles. The fourth-order valence-corrected chi connectivity index (χ4v) is 2.57. The molecule has 0 bridgehead atoms. The summed E-state index contributed by atoms with van der Waals surface area (Å²) < 4.78 is 15.8. The van der Waals surface area contributed by atoms with Gasteiger partial charge in [-0.1, -0.05) is 25.1 Å². The number of rotatable bonds is 2. The summed E-state index contributed by atoms with van der Waals surface area (Å²) in [4.78, 5) is 0. The highest BCUT2D eigenvalue weighted by Crippen LogP contribution is 2.32. The van der Waals surface area contributed by atoms with Gasteiger partial charge in [-0.25, -0.2) is 9.07 Å². The maximum Gasteiger partial charge on any atom is 0.128 e. The molecule has 1 aromatic heterocycles. The Hall–Kier alpha value is -1.84. The minimum absolute atomic E-state index is 0.00255. The monoisotopic (exact) mass is 245 g/mol. The van der Waals surface area contributed by atoms with Gasteiger partial charge in [0.25, 0.3) is 0 Å². The van der Waals surface area contributed by atoms with E-state index < -0.39 is 0 Å². The normalized spacial score (nSPS) is 18.2. The van der Waals surface area contributed by atoms with E-state index >= 15 is 0 Å². The van der Waals surface area contributed by atoms with Crippen LogP contribution in [0.15, 0.2) is 30.5 Å². The first-order valence-electron chi connectivity index (χ1n) is 6.36. The molecule has 1 atom stereocenters. The highest BCUT2D eigenvalue weighted by atomic mass is 19.1. The molecular weight excluding hydrogens is 229 g/mol. The van der Waals surface area contributed by atoms with Gasteiger partial charge in [-0.15, -0.1) is 0 Å². The van der Waals surface area contributed by atoms with E-state index in [1.165, 1.54) is 11.6 Å². The van der Waals surface area contributed by atoms with E-state index in [1.54, 1.807) is 6.07 Å². The average molecular weight is 245 g/mol. The molecule has 1 aliphatic rings. The first kappa shape index (κ1) is 11.3. The van der Waals surface area contributed by atoms with Crippen molar-refractivity contribution in [2.75, 3.05) is 11.9 Å². The lowest BCUT2D eigenvalue weighted by atomic mass is 10.0. The first-order valence-corrected chi connectivity index (χ1v) is 6.36. The summed E-state index contributed by atoms with van der Waals surface area (Å²) in [6.45, 7) is 2.96. The van der Waals surface area contributed by atoms with Crippen LogP contribution in [0.1, 0.15) is 30.5 Å². The average Bonchev–Trinajstić information content (AvgIpc) is 2.82. The van der Waals surface area contributed by atoms with Crippen molar-refractivity contribution in [2.45, 2.75) is 25.8 Å². The number of aromatic nitrogens is 2. The van der Waals surface area contributed by atoms with Crippen LogP contribution >= 0.6 is 0 Å². The van der Waals surface area contributed by atoms with E-state index in [0.717, 1.165) is 30.8 Å². The van der Waals surface area contributed by atoms with Crippen LogP contribution in [0.4, 0.5) is 10.2 Å². The number of benzene rings is 1. The second kappa shape index (κ2) is 4.44. The Kier molecular flexibility index (Phi) is 2.78. The molecule has 1 unspecified atom stereocenters. The minimum Gasteiger partial charge on any atom is -0.370 e. The quantitative estimate of drug-likeness (QED) is 0.881. The van der Waals surface area contributed by atoms with Gasteiger partial charge in [0.15, 0.2) is 0 Å². The van der Waals surface area contributed by atoms with Gasteiger partial charge in [-0.2, -0.15) is 5.10 Å². The lowest BCUT2D eigenvalue weighted by molar-refractivity contribution is 0.458. The van der Waals surface area contributed by atoms with Gasteiger partial charge in [0, 0.05) is 17.7 Å².